The van der Waals surface area contributed by atoms with Crippen LogP contribution in [-0.4, -0.2) is 25.9 Å². The van der Waals surface area contributed by atoms with E-state index in [4.69, 9.17) is 10.8 Å². The van der Waals surface area contributed by atoms with Crippen LogP contribution in [0.3, 0.4) is 0 Å². The van der Waals surface area contributed by atoms with Crippen molar-refractivity contribution in [2.75, 3.05) is 18.1 Å². The Morgan fingerprint density at radius 3 is 2.67 bits per heavy atom. The van der Waals surface area contributed by atoms with E-state index in [1.54, 1.807) is 18.2 Å². The molecule has 5 heteroatoms. The van der Waals surface area contributed by atoms with Crippen LogP contribution in [-0.2, 0) is 15.6 Å². The van der Waals surface area contributed by atoms with E-state index in [0.29, 0.717) is 11.3 Å². The third kappa shape index (κ3) is 3.53. The van der Waals surface area contributed by atoms with Crippen molar-refractivity contribution in [2.24, 2.45) is 0 Å². The Kier molecular flexibility index (Phi) is 3.71. The van der Waals surface area contributed by atoms with Gasteiger partial charge in [-0.15, -0.1) is 0 Å². The summed E-state index contributed by atoms with van der Waals surface area (Å²) in [5.41, 5.74) is 7.72. The molecule has 0 spiro atoms. The highest BCUT2D eigenvalue weighted by atomic mass is 32.2. The molecule has 0 aliphatic carbocycles. The molecule has 0 atom stereocenters. The Morgan fingerprint density at radius 1 is 1.40 bits per heavy atom. The standard InChI is InChI=1S/C10H15NO3S/c1-8-2-3-10(11)6-9(8)7-15(13,14)5-4-12/h2-3,6,12H,4-5,7,11H2,1H3. The highest BCUT2D eigenvalue weighted by molar-refractivity contribution is 7.90. The number of rotatable bonds is 4. The van der Waals surface area contributed by atoms with E-state index in [2.05, 4.69) is 0 Å². The van der Waals surface area contributed by atoms with Crippen LogP contribution < -0.4 is 5.73 Å². The van der Waals surface area contributed by atoms with Gasteiger partial charge in [-0.2, -0.15) is 0 Å². The quantitative estimate of drug-likeness (QED) is 0.736. The summed E-state index contributed by atoms with van der Waals surface area (Å²) in [6.07, 6.45) is 0. The third-order valence-electron chi connectivity index (χ3n) is 2.15. The summed E-state index contributed by atoms with van der Waals surface area (Å²) in [5.74, 6) is -0.272. The van der Waals surface area contributed by atoms with Crippen LogP contribution in [0.5, 0.6) is 0 Å². The number of sulfone groups is 1. The first-order valence-electron chi connectivity index (χ1n) is 4.61. The molecule has 0 aliphatic heterocycles. The first kappa shape index (κ1) is 12.0. The van der Waals surface area contributed by atoms with Crippen LogP contribution >= 0.6 is 0 Å². The molecule has 0 aliphatic rings. The molecular formula is C10H15NO3S. The third-order valence-corrected chi connectivity index (χ3v) is 3.71. The molecule has 0 fully saturated rings. The first-order valence-corrected chi connectivity index (χ1v) is 6.43. The summed E-state index contributed by atoms with van der Waals surface area (Å²) in [7, 11) is -3.23. The molecule has 0 saturated heterocycles. The van der Waals surface area contributed by atoms with Crippen molar-refractivity contribution in [3.8, 4) is 0 Å². The maximum atomic E-state index is 11.5. The van der Waals surface area contributed by atoms with Crippen molar-refractivity contribution in [3.63, 3.8) is 0 Å². The molecule has 4 nitrogen and oxygen atoms in total. The van der Waals surface area contributed by atoms with Gasteiger partial charge in [0.1, 0.15) is 0 Å². The number of anilines is 1. The van der Waals surface area contributed by atoms with E-state index in [-0.39, 0.29) is 18.1 Å². The zero-order valence-electron chi connectivity index (χ0n) is 8.60. The molecule has 15 heavy (non-hydrogen) atoms. The lowest BCUT2D eigenvalue weighted by Gasteiger charge is -2.07. The van der Waals surface area contributed by atoms with E-state index >= 15 is 0 Å². The predicted octanol–water partition coefficient (Wildman–Crippen LogP) is 0.484. The van der Waals surface area contributed by atoms with E-state index in [0.717, 1.165) is 5.56 Å². The fourth-order valence-corrected chi connectivity index (χ4v) is 2.50. The Hall–Kier alpha value is -1.07. The average Bonchev–Trinajstić information content (AvgIpc) is 2.10. The van der Waals surface area contributed by atoms with Crippen LogP contribution in [0, 0.1) is 6.92 Å². The smallest absolute Gasteiger partial charge is 0.156 e. The van der Waals surface area contributed by atoms with Crippen LogP contribution in [0.25, 0.3) is 0 Å². The fourth-order valence-electron chi connectivity index (χ4n) is 1.30. The first-order chi connectivity index (χ1) is 6.94. The lowest BCUT2D eigenvalue weighted by atomic mass is 10.1. The Labute approximate surface area is 89.7 Å². The highest BCUT2D eigenvalue weighted by Crippen LogP contribution is 2.15. The van der Waals surface area contributed by atoms with Crippen LogP contribution in [0.4, 0.5) is 5.69 Å². The van der Waals surface area contributed by atoms with Gasteiger partial charge in [-0.3, -0.25) is 0 Å². The minimum Gasteiger partial charge on any atom is -0.399 e. The minimum atomic E-state index is -3.23. The van der Waals surface area contributed by atoms with Gasteiger partial charge in [0.25, 0.3) is 0 Å². The van der Waals surface area contributed by atoms with E-state index in [9.17, 15) is 8.42 Å². The van der Waals surface area contributed by atoms with Crippen molar-refractivity contribution in [1.82, 2.24) is 0 Å². The van der Waals surface area contributed by atoms with Gasteiger partial charge in [0.2, 0.25) is 0 Å². The highest BCUT2D eigenvalue weighted by Gasteiger charge is 2.12. The number of nitrogen functional groups attached to an aromatic ring is 1. The summed E-state index contributed by atoms with van der Waals surface area (Å²) in [4.78, 5) is 0. The number of aliphatic hydroxyl groups is 1. The zero-order valence-corrected chi connectivity index (χ0v) is 9.42. The largest absolute Gasteiger partial charge is 0.399 e. The van der Waals surface area contributed by atoms with E-state index < -0.39 is 9.84 Å². The van der Waals surface area contributed by atoms with Gasteiger partial charge in [-0.05, 0) is 30.2 Å². The van der Waals surface area contributed by atoms with Crippen molar-refractivity contribution in [1.29, 1.82) is 0 Å². The molecule has 0 amide bonds. The molecular weight excluding hydrogens is 214 g/mol. The Bertz CT molecular complexity index is 440. The lowest BCUT2D eigenvalue weighted by Crippen LogP contribution is -2.13. The number of benzene rings is 1. The molecule has 3 N–H and O–H groups in total. The number of nitrogens with two attached hydrogens (primary N) is 1. The SMILES string of the molecule is Cc1ccc(N)cc1CS(=O)(=O)CCO. The molecule has 0 heterocycles. The Balaban J connectivity index is 2.94. The molecule has 84 valence electrons. The van der Waals surface area contributed by atoms with Gasteiger partial charge in [0.05, 0.1) is 18.1 Å². The second-order valence-electron chi connectivity index (χ2n) is 3.50. The number of aryl methyl sites for hydroxylation is 1. The maximum absolute atomic E-state index is 11.5. The summed E-state index contributed by atoms with van der Waals surface area (Å²) >= 11 is 0. The minimum absolute atomic E-state index is 0.0650. The average molecular weight is 229 g/mol. The fraction of sp³-hybridized carbons (Fsp3) is 0.400. The number of hydrogen-bond donors (Lipinski definition) is 2. The van der Waals surface area contributed by atoms with Gasteiger partial charge < -0.3 is 10.8 Å². The van der Waals surface area contributed by atoms with Crippen molar-refractivity contribution >= 4 is 15.5 Å². The normalized spacial score (nSPS) is 11.6. The van der Waals surface area contributed by atoms with E-state index in [1.807, 2.05) is 6.92 Å². The van der Waals surface area contributed by atoms with E-state index in [1.165, 1.54) is 0 Å². The second kappa shape index (κ2) is 4.63. The zero-order chi connectivity index (χ0) is 11.5. The molecule has 0 bridgehead atoms. The summed E-state index contributed by atoms with van der Waals surface area (Å²) in [6.45, 7) is 1.49. The summed E-state index contributed by atoms with van der Waals surface area (Å²) < 4.78 is 22.9. The number of aliphatic hydroxyl groups excluding tert-OH is 1. The van der Waals surface area contributed by atoms with Gasteiger partial charge in [-0.25, -0.2) is 8.42 Å². The summed E-state index contributed by atoms with van der Waals surface area (Å²) in [5, 5.41) is 8.60. The molecule has 1 aromatic rings. The molecule has 0 aromatic heterocycles. The van der Waals surface area contributed by atoms with Gasteiger partial charge in [0, 0.05) is 5.69 Å². The molecule has 0 saturated carbocycles. The predicted molar refractivity (Wildman–Crippen MR) is 60.2 cm³/mol. The molecule has 0 radical (unpaired) electrons. The van der Waals surface area contributed by atoms with Crippen LogP contribution in [0.2, 0.25) is 0 Å². The van der Waals surface area contributed by atoms with Gasteiger partial charge >= 0.3 is 0 Å². The summed E-state index contributed by atoms with van der Waals surface area (Å²) in [6, 6.07) is 5.18. The van der Waals surface area contributed by atoms with Gasteiger partial charge in [-0.1, -0.05) is 6.07 Å². The molecule has 1 aromatic carbocycles. The monoisotopic (exact) mass is 229 g/mol. The van der Waals surface area contributed by atoms with Crippen molar-refractivity contribution < 1.29 is 13.5 Å². The maximum Gasteiger partial charge on any atom is 0.156 e. The van der Waals surface area contributed by atoms with Gasteiger partial charge in [0.15, 0.2) is 9.84 Å². The second-order valence-corrected chi connectivity index (χ2v) is 5.69. The van der Waals surface area contributed by atoms with Crippen LogP contribution in [0.15, 0.2) is 18.2 Å². The van der Waals surface area contributed by atoms with Crippen molar-refractivity contribution in [2.45, 2.75) is 12.7 Å². The topological polar surface area (TPSA) is 80.4 Å². The lowest BCUT2D eigenvalue weighted by molar-refractivity contribution is 0.319. The van der Waals surface area contributed by atoms with Crippen LogP contribution in [0.1, 0.15) is 11.1 Å². The molecule has 1 rings (SSSR count). The number of hydrogen-bond acceptors (Lipinski definition) is 4. The van der Waals surface area contributed by atoms with Crippen molar-refractivity contribution in [3.05, 3.63) is 29.3 Å². The Morgan fingerprint density at radius 2 is 2.07 bits per heavy atom. The molecule has 0 unspecified atom stereocenters.